The molecular formula is C64H108NO8+. The van der Waals surface area contributed by atoms with E-state index in [-0.39, 0.29) is 38.6 Å². The Morgan fingerprint density at radius 2 is 0.781 bits per heavy atom. The summed E-state index contributed by atoms with van der Waals surface area (Å²) in [6.45, 7) is 4.70. The average Bonchev–Trinajstić information content (AvgIpc) is 3.36. The van der Waals surface area contributed by atoms with E-state index in [1.165, 1.54) is 103 Å². The third kappa shape index (κ3) is 55.5. The first-order valence-electron chi connectivity index (χ1n) is 29.1. The number of ether oxygens (including phenoxy) is 4. The van der Waals surface area contributed by atoms with Gasteiger partial charge in [-0.1, -0.05) is 213 Å². The van der Waals surface area contributed by atoms with E-state index in [4.69, 9.17) is 18.9 Å². The van der Waals surface area contributed by atoms with Crippen molar-refractivity contribution < 1.29 is 42.9 Å². The fourth-order valence-corrected chi connectivity index (χ4v) is 7.55. The molecule has 0 amide bonds. The highest BCUT2D eigenvalue weighted by Crippen LogP contribution is 2.14. The summed E-state index contributed by atoms with van der Waals surface area (Å²) in [5.74, 6) is -2.08. The molecular weight excluding hydrogens is 911 g/mol. The minimum absolute atomic E-state index is 0.173. The molecule has 1 N–H and O–H groups in total. The van der Waals surface area contributed by atoms with Gasteiger partial charge in [-0.05, 0) is 103 Å². The lowest BCUT2D eigenvalue weighted by atomic mass is 10.1. The fraction of sp³-hybridized carbons (Fsp3) is 0.672. The average molecular weight is 1020 g/mol. The molecule has 0 bridgehead atoms. The second kappa shape index (κ2) is 54.2. The molecule has 0 aromatic heterocycles. The Morgan fingerprint density at radius 1 is 0.425 bits per heavy atom. The Balaban J connectivity index is 4.39. The fourth-order valence-electron chi connectivity index (χ4n) is 7.55. The summed E-state index contributed by atoms with van der Waals surface area (Å²) in [7, 11) is 5.94. The van der Waals surface area contributed by atoms with Gasteiger partial charge in [0.1, 0.15) is 13.2 Å². The number of nitrogens with zero attached hydrogens (tertiary/aromatic N) is 1. The standard InChI is InChI=1S/C64H107NO8/c1-6-8-10-12-14-16-18-20-22-24-26-28-29-30-31-32-33-35-37-39-41-43-45-47-49-51-53-55-62(67)73-60(59-72-64(63(68)69)70-57-56-65(3,4)5)58-71-61(66)54-52-50-48-46-44-42-40-38-36-34-27-25-23-21-19-17-15-13-11-9-7-2/h8,10,14,16,20,22,25-28,30-31,33,35,39,41,45,47,60,64H,6-7,9,11-13,15,17-19,21,23-24,29,32,34,36-38,40,42-44,46,48-59H2,1-5H3/p+1/b10-8-,16-14-,22-20-,27-25-,28-26-,31-30-,35-33-,41-39-,47-45-. The van der Waals surface area contributed by atoms with Crippen LogP contribution in [0, 0.1) is 0 Å². The molecule has 416 valence electrons. The van der Waals surface area contributed by atoms with Crippen molar-refractivity contribution in [3.8, 4) is 0 Å². The summed E-state index contributed by atoms with van der Waals surface area (Å²) in [4.78, 5) is 37.4. The zero-order valence-electron chi connectivity index (χ0n) is 47.3. The van der Waals surface area contributed by atoms with E-state index in [2.05, 4.69) is 123 Å². The van der Waals surface area contributed by atoms with E-state index in [1.54, 1.807) is 0 Å². The van der Waals surface area contributed by atoms with Crippen LogP contribution in [0.1, 0.15) is 219 Å². The summed E-state index contributed by atoms with van der Waals surface area (Å²) >= 11 is 0. The van der Waals surface area contributed by atoms with Crippen molar-refractivity contribution in [2.75, 3.05) is 47.5 Å². The lowest BCUT2D eigenvalue weighted by Gasteiger charge is -2.25. The van der Waals surface area contributed by atoms with Crippen LogP contribution in [-0.4, -0.2) is 87.4 Å². The third-order valence-electron chi connectivity index (χ3n) is 12.0. The number of aliphatic carboxylic acids is 1. The van der Waals surface area contributed by atoms with Gasteiger partial charge >= 0.3 is 17.9 Å². The molecule has 2 atom stereocenters. The molecule has 0 aliphatic heterocycles. The first-order valence-corrected chi connectivity index (χ1v) is 29.1. The predicted molar refractivity (Wildman–Crippen MR) is 308 cm³/mol. The maximum Gasteiger partial charge on any atom is 0.361 e. The van der Waals surface area contributed by atoms with Crippen molar-refractivity contribution in [3.05, 3.63) is 109 Å². The number of hydrogen-bond acceptors (Lipinski definition) is 7. The lowest BCUT2D eigenvalue weighted by molar-refractivity contribution is -0.870. The number of carboxylic acids is 1. The summed E-state index contributed by atoms with van der Waals surface area (Å²) in [6, 6.07) is 0. The highest BCUT2D eigenvalue weighted by atomic mass is 16.7. The molecule has 0 saturated heterocycles. The van der Waals surface area contributed by atoms with Gasteiger partial charge in [-0.2, -0.15) is 0 Å². The largest absolute Gasteiger partial charge is 0.477 e. The van der Waals surface area contributed by atoms with Gasteiger partial charge in [0.05, 0.1) is 34.4 Å². The van der Waals surface area contributed by atoms with Gasteiger partial charge in [0, 0.05) is 12.8 Å². The molecule has 0 saturated carbocycles. The van der Waals surface area contributed by atoms with Crippen LogP contribution in [0.3, 0.4) is 0 Å². The van der Waals surface area contributed by atoms with E-state index in [9.17, 15) is 19.5 Å². The smallest absolute Gasteiger partial charge is 0.361 e. The van der Waals surface area contributed by atoms with Crippen molar-refractivity contribution in [3.63, 3.8) is 0 Å². The molecule has 0 aromatic carbocycles. The topological polar surface area (TPSA) is 108 Å². The van der Waals surface area contributed by atoms with Crippen LogP contribution in [0.2, 0.25) is 0 Å². The maximum atomic E-state index is 12.9. The number of hydrogen-bond donors (Lipinski definition) is 1. The van der Waals surface area contributed by atoms with E-state index in [0.717, 1.165) is 83.5 Å². The molecule has 2 unspecified atom stereocenters. The second-order valence-corrected chi connectivity index (χ2v) is 20.2. The van der Waals surface area contributed by atoms with Crippen molar-refractivity contribution >= 4 is 17.9 Å². The van der Waals surface area contributed by atoms with E-state index >= 15 is 0 Å². The van der Waals surface area contributed by atoms with Crippen molar-refractivity contribution in [2.45, 2.75) is 232 Å². The maximum absolute atomic E-state index is 12.9. The quantitative estimate of drug-likeness (QED) is 0.0211. The van der Waals surface area contributed by atoms with Gasteiger partial charge < -0.3 is 28.5 Å². The van der Waals surface area contributed by atoms with Crippen LogP contribution in [0.5, 0.6) is 0 Å². The summed E-state index contributed by atoms with van der Waals surface area (Å²) < 4.78 is 22.8. The zero-order valence-corrected chi connectivity index (χ0v) is 47.3. The van der Waals surface area contributed by atoms with E-state index in [1.807, 2.05) is 21.1 Å². The van der Waals surface area contributed by atoms with Gasteiger partial charge in [-0.25, -0.2) is 4.79 Å². The van der Waals surface area contributed by atoms with Gasteiger partial charge in [0.25, 0.3) is 6.29 Å². The SMILES string of the molecule is CC/C=C\C/C=C\C/C=C\C/C=C\C/C=C\C/C=C\C/C=C\C/C=C\CCCCC(=O)OC(COC(=O)CCCCCCCCCCC/C=C\CCCCCCCCCC)COC(OCC[N+](C)(C)C)C(=O)O. The van der Waals surface area contributed by atoms with Gasteiger partial charge in [-0.15, -0.1) is 0 Å². The molecule has 0 rings (SSSR count). The Kier molecular flexibility index (Phi) is 51.2. The molecule has 9 heteroatoms. The first kappa shape index (κ1) is 69.0. The molecule has 0 aliphatic rings. The van der Waals surface area contributed by atoms with Gasteiger partial charge in [0.2, 0.25) is 0 Å². The van der Waals surface area contributed by atoms with Crippen LogP contribution in [0.15, 0.2) is 109 Å². The van der Waals surface area contributed by atoms with Crippen molar-refractivity contribution in [2.24, 2.45) is 0 Å². The number of quaternary nitrogens is 1. The molecule has 73 heavy (non-hydrogen) atoms. The normalized spacial score (nSPS) is 13.6. The van der Waals surface area contributed by atoms with E-state index in [0.29, 0.717) is 17.4 Å². The number of allylic oxidation sites excluding steroid dienone is 18. The number of rotatable bonds is 52. The monoisotopic (exact) mass is 1020 g/mol. The Morgan fingerprint density at radius 3 is 1.21 bits per heavy atom. The predicted octanol–water partition coefficient (Wildman–Crippen LogP) is 17.1. The second-order valence-electron chi connectivity index (χ2n) is 20.2. The third-order valence-corrected chi connectivity index (χ3v) is 12.0. The van der Waals surface area contributed by atoms with Crippen LogP contribution in [0.25, 0.3) is 0 Å². The minimum Gasteiger partial charge on any atom is -0.477 e. The Labute approximate surface area is 447 Å². The molecule has 0 radical (unpaired) electrons. The Hall–Kier alpha value is -4.05. The van der Waals surface area contributed by atoms with Gasteiger partial charge in [-0.3, -0.25) is 9.59 Å². The van der Waals surface area contributed by atoms with Crippen LogP contribution in [0.4, 0.5) is 0 Å². The highest BCUT2D eigenvalue weighted by Gasteiger charge is 2.25. The number of likely N-dealkylation sites (N-methyl/N-ethyl adjacent to an activating group) is 1. The number of carbonyl (C=O) groups is 3. The summed E-state index contributed by atoms with van der Waals surface area (Å²) in [5.41, 5.74) is 0. The van der Waals surface area contributed by atoms with Crippen LogP contribution < -0.4 is 0 Å². The molecule has 0 fully saturated rings. The minimum atomic E-state index is -1.53. The number of esters is 2. The van der Waals surface area contributed by atoms with Crippen molar-refractivity contribution in [1.82, 2.24) is 0 Å². The molecule has 0 heterocycles. The zero-order chi connectivity index (χ0) is 53.4. The summed E-state index contributed by atoms with van der Waals surface area (Å²) in [5, 5.41) is 9.70. The number of carbonyl (C=O) groups excluding carboxylic acids is 2. The number of carboxylic acid groups (broad SMARTS) is 1. The van der Waals surface area contributed by atoms with Crippen LogP contribution in [-0.2, 0) is 33.3 Å². The highest BCUT2D eigenvalue weighted by molar-refractivity contribution is 5.71. The van der Waals surface area contributed by atoms with E-state index < -0.39 is 24.3 Å². The van der Waals surface area contributed by atoms with Gasteiger partial charge in [0.15, 0.2) is 6.10 Å². The first-order chi connectivity index (χ1) is 35.6. The molecule has 0 aromatic rings. The molecule has 9 nitrogen and oxygen atoms in total. The summed E-state index contributed by atoms with van der Waals surface area (Å²) in [6.07, 6.45) is 71.7. The lowest BCUT2D eigenvalue weighted by Crippen LogP contribution is -2.40. The van der Waals surface area contributed by atoms with Crippen LogP contribution >= 0.6 is 0 Å². The molecule has 0 spiro atoms. The van der Waals surface area contributed by atoms with Crippen molar-refractivity contribution in [1.29, 1.82) is 0 Å². The Bertz CT molecular complexity index is 1560. The number of unbranched alkanes of at least 4 members (excludes halogenated alkanes) is 19. The molecule has 0 aliphatic carbocycles.